The number of aliphatic hydroxyl groups is 2. The molecule has 0 aromatic heterocycles. The standard InChI is InChI=1S/C47H85NO5/c1-4-7-10-13-16-19-21-22-23-25-27-29-32-35-38-43(53-47(52)40-37-34-31-28-24-20-17-14-11-8-5-2)41-46(51)48-44(42-49)45(50)39-36-33-30-26-18-15-12-9-6-3/h7,10,14,16-17,19,22-23,43-45,49-50H,4-6,8-9,11-13,15,18,20-21,24-42H2,1-3H3,(H,48,51)/b10-7+,17-14-,19-16+,23-22+. The number of aliphatic hydroxyl groups excluding tert-OH is 2. The molecule has 0 rings (SSSR count). The molecular formula is C47H85NO5. The normalized spacial score (nSPS) is 13.8. The smallest absolute Gasteiger partial charge is 0.306 e. The summed E-state index contributed by atoms with van der Waals surface area (Å²) in [6, 6.07) is -0.707. The highest BCUT2D eigenvalue weighted by Gasteiger charge is 2.24. The van der Waals surface area contributed by atoms with E-state index in [1.807, 2.05) is 0 Å². The van der Waals surface area contributed by atoms with Gasteiger partial charge in [-0.2, -0.15) is 0 Å². The van der Waals surface area contributed by atoms with E-state index in [2.05, 4.69) is 74.7 Å². The molecule has 1 amide bonds. The molecule has 0 spiro atoms. The molecule has 3 unspecified atom stereocenters. The molecule has 0 aliphatic carbocycles. The molecule has 3 N–H and O–H groups in total. The highest BCUT2D eigenvalue weighted by molar-refractivity contribution is 5.77. The predicted molar refractivity (Wildman–Crippen MR) is 227 cm³/mol. The number of nitrogens with one attached hydrogen (secondary N) is 1. The maximum Gasteiger partial charge on any atom is 0.306 e. The molecule has 0 aliphatic heterocycles. The van der Waals surface area contributed by atoms with Crippen LogP contribution in [0, 0.1) is 0 Å². The fraction of sp³-hybridized carbons (Fsp3) is 0.787. The van der Waals surface area contributed by atoms with Crippen LogP contribution in [0.2, 0.25) is 0 Å². The van der Waals surface area contributed by atoms with Crippen molar-refractivity contribution in [2.75, 3.05) is 6.61 Å². The summed E-state index contributed by atoms with van der Waals surface area (Å²) in [5.74, 6) is -0.511. The third-order valence-electron chi connectivity index (χ3n) is 9.89. The molecule has 0 bridgehead atoms. The lowest BCUT2D eigenvalue weighted by molar-refractivity contribution is -0.151. The van der Waals surface area contributed by atoms with Crippen molar-refractivity contribution < 1.29 is 24.5 Å². The molecule has 0 aromatic carbocycles. The Hall–Kier alpha value is -2.18. The SMILES string of the molecule is CC/C=C/C/C=C/C/C=C/CCCCCCC(CC(=O)NC(CO)C(O)CCCCCCCCCCC)OC(=O)CCCCCCC/C=C\CCCC. The molecule has 0 radical (unpaired) electrons. The number of ether oxygens (including phenoxy) is 1. The molecular weight excluding hydrogens is 659 g/mol. The number of carbonyl (C=O) groups is 2. The number of carbonyl (C=O) groups excluding carboxylic acids is 2. The number of esters is 1. The van der Waals surface area contributed by atoms with Crippen molar-refractivity contribution in [3.05, 3.63) is 48.6 Å². The zero-order valence-electron chi connectivity index (χ0n) is 34.9. The van der Waals surface area contributed by atoms with Gasteiger partial charge in [-0.15, -0.1) is 0 Å². The third kappa shape index (κ3) is 36.6. The molecule has 0 aliphatic rings. The Labute approximate surface area is 327 Å². The summed E-state index contributed by atoms with van der Waals surface area (Å²) in [4.78, 5) is 25.9. The second-order valence-corrected chi connectivity index (χ2v) is 15.1. The van der Waals surface area contributed by atoms with Crippen molar-refractivity contribution >= 4 is 11.9 Å². The Morgan fingerprint density at radius 1 is 0.566 bits per heavy atom. The van der Waals surface area contributed by atoms with Crippen LogP contribution in [-0.4, -0.2) is 46.9 Å². The summed E-state index contributed by atoms with van der Waals surface area (Å²) >= 11 is 0. The molecule has 0 heterocycles. The Bertz CT molecular complexity index is 926. The van der Waals surface area contributed by atoms with E-state index in [9.17, 15) is 19.8 Å². The van der Waals surface area contributed by atoms with E-state index in [4.69, 9.17) is 4.74 Å². The van der Waals surface area contributed by atoms with Crippen molar-refractivity contribution in [3.8, 4) is 0 Å². The summed E-state index contributed by atoms with van der Waals surface area (Å²) < 4.78 is 5.88. The van der Waals surface area contributed by atoms with Crippen LogP contribution in [0.3, 0.4) is 0 Å². The molecule has 308 valence electrons. The van der Waals surface area contributed by atoms with Gasteiger partial charge in [-0.3, -0.25) is 9.59 Å². The molecule has 0 saturated carbocycles. The van der Waals surface area contributed by atoms with Gasteiger partial charge in [-0.05, 0) is 77.0 Å². The summed E-state index contributed by atoms with van der Waals surface area (Å²) in [6.07, 6.45) is 47.4. The first-order valence-electron chi connectivity index (χ1n) is 22.4. The lowest BCUT2D eigenvalue weighted by Crippen LogP contribution is -2.46. The van der Waals surface area contributed by atoms with Gasteiger partial charge in [-0.1, -0.05) is 172 Å². The molecule has 3 atom stereocenters. The van der Waals surface area contributed by atoms with Gasteiger partial charge in [-0.25, -0.2) is 0 Å². The van der Waals surface area contributed by atoms with E-state index < -0.39 is 18.2 Å². The number of hydrogen-bond donors (Lipinski definition) is 3. The van der Waals surface area contributed by atoms with E-state index in [0.717, 1.165) is 96.3 Å². The largest absolute Gasteiger partial charge is 0.462 e. The zero-order chi connectivity index (χ0) is 38.9. The molecule has 0 aromatic rings. The summed E-state index contributed by atoms with van der Waals surface area (Å²) in [5.41, 5.74) is 0. The minimum atomic E-state index is -0.792. The number of hydrogen-bond acceptors (Lipinski definition) is 5. The Balaban J connectivity index is 4.67. The van der Waals surface area contributed by atoms with E-state index >= 15 is 0 Å². The zero-order valence-corrected chi connectivity index (χ0v) is 34.9. The van der Waals surface area contributed by atoms with Crippen molar-refractivity contribution in [3.63, 3.8) is 0 Å². The van der Waals surface area contributed by atoms with Crippen molar-refractivity contribution in [2.24, 2.45) is 0 Å². The van der Waals surface area contributed by atoms with Crippen molar-refractivity contribution in [1.82, 2.24) is 5.32 Å². The van der Waals surface area contributed by atoms with Crippen LogP contribution in [0.5, 0.6) is 0 Å². The number of unbranched alkanes of at least 4 members (excludes halogenated alkanes) is 19. The van der Waals surface area contributed by atoms with Gasteiger partial charge in [0, 0.05) is 6.42 Å². The molecule has 6 nitrogen and oxygen atoms in total. The maximum atomic E-state index is 13.1. The molecule has 0 saturated heterocycles. The fourth-order valence-electron chi connectivity index (χ4n) is 6.48. The van der Waals surface area contributed by atoms with E-state index in [0.29, 0.717) is 19.3 Å². The first-order valence-corrected chi connectivity index (χ1v) is 22.4. The number of rotatable bonds is 39. The van der Waals surface area contributed by atoms with Gasteiger partial charge in [0.05, 0.1) is 25.2 Å². The highest BCUT2D eigenvalue weighted by atomic mass is 16.5. The Kier molecular flexibility index (Phi) is 39.3. The number of allylic oxidation sites excluding steroid dienone is 8. The minimum Gasteiger partial charge on any atom is -0.462 e. The fourth-order valence-corrected chi connectivity index (χ4v) is 6.48. The van der Waals surface area contributed by atoms with Crippen LogP contribution in [0.25, 0.3) is 0 Å². The monoisotopic (exact) mass is 744 g/mol. The quantitative estimate of drug-likeness (QED) is 0.0331. The topological polar surface area (TPSA) is 95.9 Å². The Morgan fingerprint density at radius 2 is 1.04 bits per heavy atom. The van der Waals surface area contributed by atoms with E-state index in [1.165, 1.54) is 70.6 Å². The van der Waals surface area contributed by atoms with E-state index in [-0.39, 0.29) is 24.9 Å². The van der Waals surface area contributed by atoms with Gasteiger partial charge >= 0.3 is 5.97 Å². The highest BCUT2D eigenvalue weighted by Crippen LogP contribution is 2.17. The predicted octanol–water partition coefficient (Wildman–Crippen LogP) is 12.7. The van der Waals surface area contributed by atoms with Crippen LogP contribution in [0.4, 0.5) is 0 Å². The van der Waals surface area contributed by atoms with Gasteiger partial charge in [0.1, 0.15) is 6.10 Å². The molecule has 0 fully saturated rings. The third-order valence-corrected chi connectivity index (χ3v) is 9.89. The summed E-state index contributed by atoms with van der Waals surface area (Å²) in [5, 5.41) is 23.6. The average molecular weight is 744 g/mol. The van der Waals surface area contributed by atoms with Crippen LogP contribution in [0.1, 0.15) is 213 Å². The lowest BCUT2D eigenvalue weighted by atomic mass is 10.0. The second-order valence-electron chi connectivity index (χ2n) is 15.1. The van der Waals surface area contributed by atoms with Gasteiger partial charge < -0.3 is 20.3 Å². The van der Waals surface area contributed by atoms with Gasteiger partial charge in [0.25, 0.3) is 0 Å². The first kappa shape index (κ1) is 50.8. The second kappa shape index (κ2) is 41.0. The number of amides is 1. The lowest BCUT2D eigenvalue weighted by Gasteiger charge is -2.24. The first-order chi connectivity index (χ1) is 26.0. The van der Waals surface area contributed by atoms with Gasteiger partial charge in [0.15, 0.2) is 0 Å². The van der Waals surface area contributed by atoms with Crippen molar-refractivity contribution in [1.29, 1.82) is 0 Å². The van der Waals surface area contributed by atoms with Crippen LogP contribution in [0.15, 0.2) is 48.6 Å². The van der Waals surface area contributed by atoms with Crippen LogP contribution >= 0.6 is 0 Å². The van der Waals surface area contributed by atoms with Crippen LogP contribution < -0.4 is 5.32 Å². The molecule has 53 heavy (non-hydrogen) atoms. The minimum absolute atomic E-state index is 0.0588. The summed E-state index contributed by atoms with van der Waals surface area (Å²) in [6.45, 7) is 6.29. The van der Waals surface area contributed by atoms with Gasteiger partial charge in [0.2, 0.25) is 5.91 Å². The average Bonchev–Trinajstić information content (AvgIpc) is 3.15. The summed E-state index contributed by atoms with van der Waals surface area (Å²) in [7, 11) is 0. The Morgan fingerprint density at radius 3 is 1.62 bits per heavy atom. The molecule has 6 heteroatoms. The van der Waals surface area contributed by atoms with E-state index in [1.54, 1.807) is 0 Å². The maximum absolute atomic E-state index is 13.1. The van der Waals surface area contributed by atoms with Crippen LogP contribution in [-0.2, 0) is 14.3 Å². The van der Waals surface area contributed by atoms with Crippen molar-refractivity contribution in [2.45, 2.75) is 232 Å².